The summed E-state index contributed by atoms with van der Waals surface area (Å²) in [4.78, 5) is 0.166. The molecule has 0 aliphatic carbocycles. The highest BCUT2D eigenvalue weighted by molar-refractivity contribution is 7.89. The number of benzene rings is 2. The first-order valence-corrected chi connectivity index (χ1v) is 8.12. The van der Waals surface area contributed by atoms with Gasteiger partial charge in [0.05, 0.1) is 12.0 Å². The van der Waals surface area contributed by atoms with Crippen LogP contribution in [0, 0.1) is 0 Å². The third-order valence-electron chi connectivity index (χ3n) is 3.14. The molecule has 118 valence electrons. The summed E-state index contributed by atoms with van der Waals surface area (Å²) in [7, 11) is -2.10. The summed E-state index contributed by atoms with van der Waals surface area (Å²) in [6, 6.07) is 10.9. The molecule has 0 unspecified atom stereocenters. The molecule has 0 aromatic heterocycles. The lowest BCUT2D eigenvalue weighted by Gasteiger charge is -2.08. The van der Waals surface area contributed by atoms with E-state index in [0.717, 1.165) is 5.56 Å². The Balaban J connectivity index is 1.98. The Morgan fingerprint density at radius 2 is 1.86 bits per heavy atom. The van der Waals surface area contributed by atoms with E-state index in [0.29, 0.717) is 17.9 Å². The smallest absolute Gasteiger partial charge is 0.240 e. The summed E-state index contributed by atoms with van der Waals surface area (Å²) in [5.41, 5.74) is 6.85. The molecule has 0 aliphatic rings. The van der Waals surface area contributed by atoms with Gasteiger partial charge in [0.15, 0.2) is 11.5 Å². The summed E-state index contributed by atoms with van der Waals surface area (Å²) < 4.78 is 31.6. The molecule has 0 saturated carbocycles. The Morgan fingerprint density at radius 1 is 1.18 bits per heavy atom. The Bertz CT molecular complexity index is 743. The van der Waals surface area contributed by atoms with Gasteiger partial charge in [-0.2, -0.15) is 0 Å². The van der Waals surface area contributed by atoms with E-state index in [-0.39, 0.29) is 17.2 Å². The van der Waals surface area contributed by atoms with Gasteiger partial charge < -0.3 is 15.6 Å². The van der Waals surface area contributed by atoms with Crippen LogP contribution in [0.5, 0.6) is 11.5 Å². The minimum Gasteiger partial charge on any atom is -0.504 e. The number of ether oxygens (including phenoxy) is 1. The van der Waals surface area contributed by atoms with E-state index in [1.807, 2.05) is 0 Å². The number of rotatable bonds is 6. The molecule has 0 heterocycles. The van der Waals surface area contributed by atoms with Gasteiger partial charge in [0.1, 0.15) is 0 Å². The van der Waals surface area contributed by atoms with Crippen molar-refractivity contribution in [2.75, 3.05) is 19.4 Å². The number of anilines is 1. The van der Waals surface area contributed by atoms with Crippen LogP contribution in [0.2, 0.25) is 0 Å². The van der Waals surface area contributed by atoms with E-state index >= 15 is 0 Å². The lowest BCUT2D eigenvalue weighted by Crippen LogP contribution is -2.26. The number of nitrogen functional groups attached to an aromatic ring is 1. The molecule has 0 bridgehead atoms. The van der Waals surface area contributed by atoms with Gasteiger partial charge in [0.25, 0.3) is 0 Å². The molecular formula is C15H18N2O4S. The first-order valence-electron chi connectivity index (χ1n) is 6.63. The van der Waals surface area contributed by atoms with Crippen molar-refractivity contribution in [1.82, 2.24) is 4.72 Å². The van der Waals surface area contributed by atoms with E-state index in [4.69, 9.17) is 10.5 Å². The van der Waals surface area contributed by atoms with Gasteiger partial charge in [-0.05, 0) is 48.4 Å². The number of phenolic OH excluding ortho intramolecular Hbond substituents is 1. The fourth-order valence-electron chi connectivity index (χ4n) is 1.95. The van der Waals surface area contributed by atoms with E-state index in [9.17, 15) is 13.5 Å². The quantitative estimate of drug-likeness (QED) is 0.700. The number of nitrogens with two attached hydrogens (primary N) is 1. The minimum absolute atomic E-state index is 0.0291. The van der Waals surface area contributed by atoms with Crippen molar-refractivity contribution in [2.24, 2.45) is 0 Å². The van der Waals surface area contributed by atoms with E-state index in [1.54, 1.807) is 18.2 Å². The molecule has 0 amide bonds. The van der Waals surface area contributed by atoms with Crippen molar-refractivity contribution in [1.29, 1.82) is 0 Å². The highest BCUT2D eigenvalue weighted by Crippen LogP contribution is 2.26. The highest BCUT2D eigenvalue weighted by atomic mass is 32.2. The molecule has 7 heteroatoms. The van der Waals surface area contributed by atoms with Gasteiger partial charge in [-0.3, -0.25) is 0 Å². The average Bonchev–Trinajstić information content (AvgIpc) is 2.48. The van der Waals surface area contributed by atoms with Gasteiger partial charge in [0, 0.05) is 12.2 Å². The fraction of sp³-hybridized carbons (Fsp3) is 0.200. The lowest BCUT2D eigenvalue weighted by atomic mass is 10.1. The molecule has 0 atom stereocenters. The molecule has 0 fully saturated rings. The lowest BCUT2D eigenvalue weighted by molar-refractivity contribution is 0.373. The van der Waals surface area contributed by atoms with Crippen LogP contribution >= 0.6 is 0 Å². The Hall–Kier alpha value is -2.25. The second-order valence-corrected chi connectivity index (χ2v) is 6.49. The maximum atomic E-state index is 12.1. The summed E-state index contributed by atoms with van der Waals surface area (Å²) >= 11 is 0. The van der Waals surface area contributed by atoms with Crippen LogP contribution < -0.4 is 15.2 Å². The van der Waals surface area contributed by atoms with Crippen molar-refractivity contribution in [2.45, 2.75) is 11.3 Å². The maximum absolute atomic E-state index is 12.1. The normalized spacial score (nSPS) is 11.3. The fourth-order valence-corrected chi connectivity index (χ4v) is 2.98. The van der Waals surface area contributed by atoms with E-state index < -0.39 is 10.0 Å². The van der Waals surface area contributed by atoms with Gasteiger partial charge in [-0.1, -0.05) is 6.07 Å². The number of phenols is 1. The molecule has 0 spiro atoms. The van der Waals surface area contributed by atoms with Crippen molar-refractivity contribution in [3.8, 4) is 11.5 Å². The molecule has 0 saturated heterocycles. The van der Waals surface area contributed by atoms with Crippen LogP contribution in [0.25, 0.3) is 0 Å². The molecule has 4 N–H and O–H groups in total. The number of hydrogen-bond acceptors (Lipinski definition) is 5. The van der Waals surface area contributed by atoms with Crippen LogP contribution in [-0.2, 0) is 16.4 Å². The van der Waals surface area contributed by atoms with Crippen LogP contribution in [0.15, 0.2) is 47.4 Å². The van der Waals surface area contributed by atoms with Crippen LogP contribution in [0.3, 0.4) is 0 Å². The highest BCUT2D eigenvalue weighted by Gasteiger charge is 2.13. The molecular weight excluding hydrogens is 304 g/mol. The van der Waals surface area contributed by atoms with Crippen LogP contribution in [0.4, 0.5) is 5.69 Å². The monoisotopic (exact) mass is 322 g/mol. The van der Waals surface area contributed by atoms with Crippen molar-refractivity contribution >= 4 is 15.7 Å². The number of sulfonamides is 1. The van der Waals surface area contributed by atoms with E-state index in [1.165, 1.54) is 31.4 Å². The summed E-state index contributed by atoms with van der Waals surface area (Å²) in [5, 5.41) is 9.68. The predicted octanol–water partition coefficient (Wildman–Crippen LogP) is 1.50. The molecule has 6 nitrogen and oxygen atoms in total. The number of nitrogens with one attached hydrogen (secondary N) is 1. The van der Waals surface area contributed by atoms with Gasteiger partial charge >= 0.3 is 0 Å². The molecule has 2 aromatic carbocycles. The Morgan fingerprint density at radius 3 is 2.45 bits per heavy atom. The van der Waals surface area contributed by atoms with Gasteiger partial charge in [-0.25, -0.2) is 13.1 Å². The van der Waals surface area contributed by atoms with Crippen LogP contribution in [0.1, 0.15) is 5.56 Å². The zero-order chi connectivity index (χ0) is 16.2. The Kier molecular flexibility index (Phi) is 4.89. The first kappa shape index (κ1) is 16.1. The minimum atomic E-state index is -3.56. The summed E-state index contributed by atoms with van der Waals surface area (Å²) in [6.07, 6.45) is 0.450. The third-order valence-corrected chi connectivity index (χ3v) is 4.62. The standard InChI is InChI=1S/C15H18N2O4S/c1-21-15-7-2-11(10-14(15)18)8-9-17-22(19,20)13-5-3-12(16)4-6-13/h2-7,10,17-18H,8-9,16H2,1H3. The molecule has 22 heavy (non-hydrogen) atoms. The SMILES string of the molecule is COc1ccc(CCNS(=O)(=O)c2ccc(N)cc2)cc1O. The Labute approximate surface area is 129 Å². The molecule has 0 aliphatic heterocycles. The number of aromatic hydroxyl groups is 1. The molecule has 0 radical (unpaired) electrons. The second kappa shape index (κ2) is 6.67. The predicted molar refractivity (Wildman–Crippen MR) is 84.4 cm³/mol. The largest absolute Gasteiger partial charge is 0.504 e. The molecule has 2 rings (SSSR count). The van der Waals surface area contributed by atoms with Crippen molar-refractivity contribution < 1.29 is 18.3 Å². The van der Waals surface area contributed by atoms with Gasteiger partial charge in [0.2, 0.25) is 10.0 Å². The topological polar surface area (TPSA) is 102 Å². The zero-order valence-electron chi connectivity index (χ0n) is 12.1. The van der Waals surface area contributed by atoms with Crippen molar-refractivity contribution in [3.05, 3.63) is 48.0 Å². The summed E-state index contributed by atoms with van der Waals surface area (Å²) in [6.45, 7) is 0.221. The van der Waals surface area contributed by atoms with Crippen molar-refractivity contribution in [3.63, 3.8) is 0 Å². The number of methoxy groups -OCH3 is 1. The summed E-state index contributed by atoms with van der Waals surface area (Å²) in [5.74, 6) is 0.410. The van der Waals surface area contributed by atoms with Crippen LogP contribution in [-0.4, -0.2) is 27.2 Å². The second-order valence-electron chi connectivity index (χ2n) is 4.72. The first-order chi connectivity index (χ1) is 10.4. The van der Waals surface area contributed by atoms with E-state index in [2.05, 4.69) is 4.72 Å². The zero-order valence-corrected chi connectivity index (χ0v) is 12.9. The van der Waals surface area contributed by atoms with Gasteiger partial charge in [-0.15, -0.1) is 0 Å². The third kappa shape index (κ3) is 3.90. The number of hydrogen-bond donors (Lipinski definition) is 3. The average molecular weight is 322 g/mol. The molecule has 2 aromatic rings. The maximum Gasteiger partial charge on any atom is 0.240 e.